The van der Waals surface area contributed by atoms with Gasteiger partial charge in [0.2, 0.25) is 5.91 Å². The monoisotopic (exact) mass is 385 g/mol. The van der Waals surface area contributed by atoms with Gasteiger partial charge in [0, 0.05) is 23.3 Å². The molecule has 0 aromatic heterocycles. The Labute approximate surface area is 156 Å². The summed E-state index contributed by atoms with van der Waals surface area (Å²) in [5, 5.41) is 9.80. The van der Waals surface area contributed by atoms with E-state index in [9.17, 15) is 14.7 Å². The topological polar surface area (TPSA) is 66.8 Å². The van der Waals surface area contributed by atoms with Gasteiger partial charge in [-0.15, -0.1) is 11.8 Å². The second-order valence-corrected chi connectivity index (χ2v) is 14.8. The predicted molar refractivity (Wildman–Crippen MR) is 104 cm³/mol. The Kier molecular flexibility index (Phi) is 5.53. The van der Waals surface area contributed by atoms with E-state index >= 15 is 0 Å². The zero-order valence-corrected chi connectivity index (χ0v) is 18.2. The molecule has 0 unspecified atom stereocenters. The molecule has 0 radical (unpaired) electrons. The Morgan fingerprint density at radius 1 is 1.44 bits per heavy atom. The van der Waals surface area contributed by atoms with E-state index in [0.717, 1.165) is 17.1 Å². The molecule has 1 amide bonds. The van der Waals surface area contributed by atoms with E-state index < -0.39 is 14.3 Å². The van der Waals surface area contributed by atoms with Gasteiger partial charge in [-0.3, -0.25) is 4.79 Å². The molecular weight excluding hydrogens is 354 g/mol. The van der Waals surface area contributed by atoms with Crippen LogP contribution in [0.3, 0.4) is 0 Å². The maximum atomic E-state index is 12.0. The summed E-state index contributed by atoms with van der Waals surface area (Å²) in [6.45, 7) is 15.8. The summed E-state index contributed by atoms with van der Waals surface area (Å²) >= 11 is 1.56. The van der Waals surface area contributed by atoms with Gasteiger partial charge in [-0.1, -0.05) is 34.6 Å². The van der Waals surface area contributed by atoms with Crippen LogP contribution < -0.4 is 0 Å². The van der Waals surface area contributed by atoms with Gasteiger partial charge in [-0.05, 0) is 30.3 Å². The predicted octanol–water partition coefficient (Wildman–Crippen LogP) is 4.07. The molecule has 2 aliphatic heterocycles. The summed E-state index contributed by atoms with van der Waals surface area (Å²) in [4.78, 5) is 26.2. The van der Waals surface area contributed by atoms with Crippen LogP contribution >= 0.6 is 11.8 Å². The number of rotatable bonds is 7. The molecule has 1 N–H and O–H groups in total. The van der Waals surface area contributed by atoms with Crippen LogP contribution in [0.25, 0.3) is 0 Å². The standard InChI is InChI=1S/C18H31NO4SSi/c1-8-24-15-14(16(21)22)19-12(11-13(19)20)18(15,5)9-10-23-25(6,7)17(2,3)4/h12H,8-11H2,1-7H3,(H,21,22)/t12-,18-/m1/s1. The molecule has 5 nitrogen and oxygen atoms in total. The van der Waals surface area contributed by atoms with Crippen molar-refractivity contribution in [2.24, 2.45) is 5.41 Å². The molecule has 142 valence electrons. The molecule has 1 saturated heterocycles. The first-order chi connectivity index (χ1) is 11.4. The van der Waals surface area contributed by atoms with Crippen molar-refractivity contribution in [3.8, 4) is 0 Å². The molecule has 0 aromatic carbocycles. The average Bonchev–Trinajstić information content (AvgIpc) is 2.64. The van der Waals surface area contributed by atoms with E-state index in [1.54, 1.807) is 11.8 Å². The van der Waals surface area contributed by atoms with Crippen molar-refractivity contribution in [1.29, 1.82) is 0 Å². The summed E-state index contributed by atoms with van der Waals surface area (Å²) in [6, 6.07) is -0.0387. The largest absolute Gasteiger partial charge is 0.477 e. The lowest BCUT2D eigenvalue weighted by atomic mass is 9.76. The first kappa shape index (κ1) is 20.5. The highest BCUT2D eigenvalue weighted by Crippen LogP contribution is 2.56. The van der Waals surface area contributed by atoms with Crippen molar-refractivity contribution in [1.82, 2.24) is 4.90 Å². The van der Waals surface area contributed by atoms with E-state index in [4.69, 9.17) is 4.43 Å². The second-order valence-electron chi connectivity index (χ2n) is 8.68. The minimum absolute atomic E-state index is 0.0387. The third-order valence-corrected chi connectivity index (χ3v) is 11.8. The van der Waals surface area contributed by atoms with E-state index in [1.165, 1.54) is 4.90 Å². The van der Waals surface area contributed by atoms with Gasteiger partial charge in [0.15, 0.2) is 8.32 Å². The summed E-state index contributed by atoms with van der Waals surface area (Å²) in [6.07, 6.45) is 1.17. The van der Waals surface area contributed by atoms with Crippen LogP contribution in [-0.2, 0) is 14.0 Å². The van der Waals surface area contributed by atoms with Crippen molar-refractivity contribution in [3.05, 3.63) is 10.6 Å². The Morgan fingerprint density at radius 2 is 2.04 bits per heavy atom. The lowest BCUT2D eigenvalue weighted by Gasteiger charge is -2.44. The van der Waals surface area contributed by atoms with Crippen LogP contribution in [0.4, 0.5) is 0 Å². The maximum Gasteiger partial charge on any atom is 0.353 e. The number of carbonyl (C=O) groups is 2. The van der Waals surface area contributed by atoms with Crippen molar-refractivity contribution < 1.29 is 19.1 Å². The number of fused-ring (bicyclic) bond motifs is 1. The van der Waals surface area contributed by atoms with Crippen LogP contribution in [-0.4, -0.2) is 48.6 Å². The van der Waals surface area contributed by atoms with Crippen molar-refractivity contribution >= 4 is 32.0 Å². The number of aliphatic carboxylic acids is 1. The number of hydrogen-bond acceptors (Lipinski definition) is 4. The molecule has 2 rings (SSSR count). The molecule has 2 heterocycles. The third-order valence-electron chi connectivity index (χ3n) is 6.04. The van der Waals surface area contributed by atoms with E-state index in [2.05, 4.69) is 40.8 Å². The Hall–Kier alpha value is -0.793. The number of thioether (sulfide) groups is 1. The molecule has 0 bridgehead atoms. The summed E-state index contributed by atoms with van der Waals surface area (Å²) in [5.74, 6) is -0.284. The third kappa shape index (κ3) is 3.42. The van der Waals surface area contributed by atoms with Gasteiger partial charge in [-0.2, -0.15) is 0 Å². The van der Waals surface area contributed by atoms with E-state index in [0.29, 0.717) is 13.0 Å². The number of carbonyl (C=O) groups excluding carboxylic acids is 1. The fourth-order valence-electron chi connectivity index (χ4n) is 3.33. The average molecular weight is 386 g/mol. The molecule has 0 saturated carbocycles. The Balaban J connectivity index is 2.23. The highest BCUT2D eigenvalue weighted by molar-refractivity contribution is 8.03. The fraction of sp³-hybridized carbons (Fsp3) is 0.778. The molecule has 2 aliphatic rings. The molecule has 25 heavy (non-hydrogen) atoms. The highest BCUT2D eigenvalue weighted by atomic mass is 32.2. The van der Waals surface area contributed by atoms with Crippen LogP contribution in [0.1, 0.15) is 47.5 Å². The molecule has 1 fully saturated rings. The fourth-order valence-corrected chi connectivity index (χ4v) is 5.56. The lowest BCUT2D eigenvalue weighted by molar-refractivity contribution is -0.150. The van der Waals surface area contributed by atoms with E-state index in [1.807, 2.05) is 6.92 Å². The van der Waals surface area contributed by atoms with Gasteiger partial charge in [-0.25, -0.2) is 4.79 Å². The normalized spacial score (nSPS) is 26.8. The summed E-state index contributed by atoms with van der Waals surface area (Å²) in [7, 11) is -1.84. The SMILES string of the molecule is CCSC1=C(C(=O)O)N2C(=O)C[C@@H]2[C@@]1(C)CCO[Si](C)(C)C(C)(C)C. The number of β-lactam (4-membered cyclic amide) rings is 1. The van der Waals surface area contributed by atoms with Crippen molar-refractivity contribution in [3.63, 3.8) is 0 Å². The Morgan fingerprint density at radius 3 is 2.48 bits per heavy atom. The quantitative estimate of drug-likeness (QED) is 0.528. The highest BCUT2D eigenvalue weighted by Gasteiger charge is 2.59. The summed E-state index contributed by atoms with van der Waals surface area (Å²) in [5.41, 5.74) is -0.132. The molecule has 0 aromatic rings. The van der Waals surface area contributed by atoms with Crippen LogP contribution in [0.15, 0.2) is 10.6 Å². The molecule has 0 spiro atoms. The van der Waals surface area contributed by atoms with Crippen molar-refractivity contribution in [2.75, 3.05) is 12.4 Å². The number of nitrogens with zero attached hydrogens (tertiary/aromatic N) is 1. The molecule has 7 heteroatoms. The second kappa shape index (κ2) is 6.74. The van der Waals surface area contributed by atoms with Gasteiger partial charge >= 0.3 is 5.97 Å². The maximum absolute atomic E-state index is 12.0. The number of carboxylic acid groups (broad SMARTS) is 1. The zero-order chi connectivity index (χ0) is 19.2. The minimum Gasteiger partial charge on any atom is -0.477 e. The smallest absolute Gasteiger partial charge is 0.353 e. The lowest BCUT2D eigenvalue weighted by Crippen LogP contribution is -2.55. The first-order valence-corrected chi connectivity index (χ1v) is 12.8. The van der Waals surface area contributed by atoms with Crippen LogP contribution in [0.5, 0.6) is 0 Å². The van der Waals surface area contributed by atoms with Gasteiger partial charge in [0.05, 0.1) is 6.04 Å². The minimum atomic E-state index is -1.84. The molecule has 0 aliphatic carbocycles. The number of amides is 1. The van der Waals surface area contributed by atoms with Gasteiger partial charge in [0.1, 0.15) is 5.70 Å². The summed E-state index contributed by atoms with van der Waals surface area (Å²) < 4.78 is 6.33. The number of hydrogen-bond donors (Lipinski definition) is 1. The zero-order valence-electron chi connectivity index (χ0n) is 16.4. The Bertz CT molecular complexity index is 611. The van der Waals surface area contributed by atoms with Gasteiger partial charge in [0.25, 0.3) is 0 Å². The van der Waals surface area contributed by atoms with E-state index in [-0.39, 0.29) is 28.1 Å². The van der Waals surface area contributed by atoms with Gasteiger partial charge < -0.3 is 14.4 Å². The van der Waals surface area contributed by atoms with Crippen LogP contribution in [0, 0.1) is 5.41 Å². The molecular formula is C18H31NO4SSi. The van der Waals surface area contributed by atoms with Crippen molar-refractivity contribution in [2.45, 2.75) is 71.6 Å². The van der Waals surface area contributed by atoms with Crippen LogP contribution in [0.2, 0.25) is 18.1 Å². The number of carboxylic acids is 1. The molecule has 2 atom stereocenters. The first-order valence-electron chi connectivity index (χ1n) is 8.93.